The monoisotopic (exact) mass is 667 g/mol. The van der Waals surface area contributed by atoms with Gasteiger partial charge in [0.05, 0.1) is 32.9 Å². The van der Waals surface area contributed by atoms with E-state index in [1.165, 1.54) is 17.8 Å². The molecular formula is C32H34Cl2F3N3O3S. The Morgan fingerprint density at radius 3 is 2.32 bits per heavy atom. The summed E-state index contributed by atoms with van der Waals surface area (Å²) in [5.74, 6) is -0.207. The third kappa shape index (κ3) is 8.34. The van der Waals surface area contributed by atoms with Crippen molar-refractivity contribution in [3.8, 4) is 5.75 Å². The van der Waals surface area contributed by atoms with Crippen LogP contribution in [0.5, 0.6) is 5.75 Å². The van der Waals surface area contributed by atoms with E-state index in [0.717, 1.165) is 60.7 Å². The number of hydrogen-bond acceptors (Lipinski definition) is 7. The van der Waals surface area contributed by atoms with Gasteiger partial charge in [0.25, 0.3) is 0 Å². The third-order valence-corrected chi connectivity index (χ3v) is 9.59. The molecule has 0 N–H and O–H groups in total. The van der Waals surface area contributed by atoms with Gasteiger partial charge in [0.1, 0.15) is 19.0 Å². The third-order valence-electron chi connectivity index (χ3n) is 7.72. The van der Waals surface area contributed by atoms with Crippen LogP contribution in [0.1, 0.15) is 18.9 Å². The molecule has 6 nitrogen and oxygen atoms in total. The Hall–Kier alpha value is -2.63. The summed E-state index contributed by atoms with van der Waals surface area (Å²) in [6, 6.07) is 16.8. The summed E-state index contributed by atoms with van der Waals surface area (Å²) in [7, 11) is 0. The second-order valence-electron chi connectivity index (χ2n) is 10.9. The molecule has 0 saturated carbocycles. The number of ether oxygens (including phenoxy) is 2. The molecule has 0 amide bonds. The minimum Gasteiger partial charge on any atom is -0.493 e. The highest BCUT2D eigenvalue weighted by Crippen LogP contribution is 2.49. The standard InChI is InChI=1S/C32H34Cl2F3N3O3S/c1-22(21-43-24-8-9-25(33)26(34)20-24)31(41)42-18-17-39-15-13-38(14-16-39)11-4-12-40-27-5-2-3-6-29(27)44-30-10-7-23(19-28(30)40)32(35,36)37/h2-3,5-10,19-20,22H,4,11-18,21H2,1H3. The lowest BCUT2D eigenvalue weighted by Crippen LogP contribution is -2.47. The molecule has 0 aliphatic carbocycles. The summed E-state index contributed by atoms with van der Waals surface area (Å²) in [6.07, 6.45) is -3.57. The fraction of sp³-hybridized carbons (Fsp3) is 0.406. The van der Waals surface area contributed by atoms with Gasteiger partial charge in [-0.2, -0.15) is 13.2 Å². The largest absolute Gasteiger partial charge is 0.493 e. The Labute approximate surface area is 270 Å². The van der Waals surface area contributed by atoms with Crippen LogP contribution in [0, 0.1) is 5.92 Å². The Morgan fingerprint density at radius 2 is 1.59 bits per heavy atom. The second kappa shape index (κ2) is 14.6. The van der Waals surface area contributed by atoms with E-state index in [0.29, 0.717) is 41.2 Å². The molecule has 2 heterocycles. The average molecular weight is 669 g/mol. The van der Waals surface area contributed by atoms with Gasteiger partial charge < -0.3 is 19.3 Å². The van der Waals surface area contributed by atoms with Crippen molar-refractivity contribution in [2.45, 2.75) is 29.3 Å². The van der Waals surface area contributed by atoms with Gasteiger partial charge in [0.15, 0.2) is 0 Å². The minimum atomic E-state index is -4.39. The molecule has 0 radical (unpaired) electrons. The number of nitrogens with zero attached hydrogens (tertiary/aromatic N) is 3. The minimum absolute atomic E-state index is 0.173. The highest BCUT2D eigenvalue weighted by molar-refractivity contribution is 7.99. The van der Waals surface area contributed by atoms with E-state index in [1.54, 1.807) is 31.2 Å². The first-order valence-electron chi connectivity index (χ1n) is 14.5. The van der Waals surface area contributed by atoms with E-state index < -0.39 is 17.7 Å². The summed E-state index contributed by atoms with van der Waals surface area (Å²) in [6.45, 7) is 7.83. The van der Waals surface area contributed by atoms with E-state index in [9.17, 15) is 18.0 Å². The number of anilines is 2. The second-order valence-corrected chi connectivity index (χ2v) is 12.8. The first kappa shape index (κ1) is 32.8. The van der Waals surface area contributed by atoms with Gasteiger partial charge >= 0.3 is 12.1 Å². The maximum absolute atomic E-state index is 13.5. The quantitative estimate of drug-likeness (QED) is 0.193. The zero-order valence-electron chi connectivity index (χ0n) is 24.3. The molecule has 3 aromatic rings. The van der Waals surface area contributed by atoms with E-state index in [1.807, 2.05) is 29.2 Å². The van der Waals surface area contributed by atoms with Crippen molar-refractivity contribution >= 4 is 52.3 Å². The van der Waals surface area contributed by atoms with Gasteiger partial charge in [-0.15, -0.1) is 0 Å². The number of esters is 1. The summed E-state index contributed by atoms with van der Waals surface area (Å²) >= 11 is 13.4. The lowest BCUT2D eigenvalue weighted by atomic mass is 10.1. The fourth-order valence-electron chi connectivity index (χ4n) is 5.21. The highest BCUT2D eigenvalue weighted by Gasteiger charge is 2.33. The van der Waals surface area contributed by atoms with Crippen molar-refractivity contribution in [1.29, 1.82) is 0 Å². The lowest BCUT2D eigenvalue weighted by molar-refractivity contribution is -0.149. The van der Waals surface area contributed by atoms with Crippen LogP contribution in [0.2, 0.25) is 10.0 Å². The van der Waals surface area contributed by atoms with Crippen molar-refractivity contribution < 1.29 is 27.4 Å². The Morgan fingerprint density at radius 1 is 0.886 bits per heavy atom. The van der Waals surface area contributed by atoms with Crippen LogP contribution in [0.25, 0.3) is 0 Å². The van der Waals surface area contributed by atoms with Crippen molar-refractivity contribution in [3.05, 3.63) is 76.3 Å². The van der Waals surface area contributed by atoms with Crippen molar-refractivity contribution in [1.82, 2.24) is 9.80 Å². The van der Waals surface area contributed by atoms with Crippen molar-refractivity contribution in [3.63, 3.8) is 0 Å². The molecule has 44 heavy (non-hydrogen) atoms. The molecule has 0 spiro atoms. The predicted molar refractivity (Wildman–Crippen MR) is 169 cm³/mol. The highest BCUT2D eigenvalue weighted by atomic mass is 35.5. The van der Waals surface area contributed by atoms with Gasteiger partial charge in [-0.25, -0.2) is 0 Å². The molecule has 1 saturated heterocycles. The van der Waals surface area contributed by atoms with E-state index in [4.69, 9.17) is 32.7 Å². The van der Waals surface area contributed by atoms with Gasteiger partial charge in [0, 0.05) is 55.1 Å². The molecule has 236 valence electrons. The first-order chi connectivity index (χ1) is 21.1. The normalized spacial score (nSPS) is 16.3. The predicted octanol–water partition coefficient (Wildman–Crippen LogP) is 7.88. The zero-order chi connectivity index (χ0) is 31.3. The molecule has 1 atom stereocenters. The molecule has 5 rings (SSSR count). The smallest absolute Gasteiger partial charge is 0.416 e. The lowest BCUT2D eigenvalue weighted by Gasteiger charge is -2.36. The number of alkyl halides is 3. The number of fused-ring (bicyclic) bond motifs is 2. The number of benzene rings is 3. The van der Waals surface area contributed by atoms with Crippen LogP contribution >= 0.6 is 35.0 Å². The maximum Gasteiger partial charge on any atom is 0.416 e. The molecule has 3 aromatic carbocycles. The fourth-order valence-corrected chi connectivity index (χ4v) is 6.57. The Bertz CT molecular complexity index is 1450. The number of piperazine rings is 1. The summed E-state index contributed by atoms with van der Waals surface area (Å²) in [5, 5.41) is 0.826. The molecule has 12 heteroatoms. The van der Waals surface area contributed by atoms with Gasteiger partial charge in [-0.05, 0) is 62.4 Å². The van der Waals surface area contributed by atoms with Gasteiger partial charge in [-0.3, -0.25) is 9.69 Å². The molecule has 2 aliphatic heterocycles. The van der Waals surface area contributed by atoms with Crippen molar-refractivity contribution in [2.75, 3.05) is 63.9 Å². The van der Waals surface area contributed by atoms with E-state index in [2.05, 4.69) is 9.80 Å². The number of hydrogen-bond donors (Lipinski definition) is 0. The topological polar surface area (TPSA) is 45.3 Å². The molecule has 1 fully saturated rings. The van der Waals surface area contributed by atoms with Crippen LogP contribution in [0.15, 0.2) is 70.5 Å². The van der Waals surface area contributed by atoms with Crippen LogP contribution in [-0.2, 0) is 15.7 Å². The number of carbonyl (C=O) groups is 1. The van der Waals surface area contributed by atoms with Crippen LogP contribution in [0.3, 0.4) is 0 Å². The van der Waals surface area contributed by atoms with Crippen LogP contribution < -0.4 is 9.64 Å². The zero-order valence-corrected chi connectivity index (χ0v) is 26.6. The van der Waals surface area contributed by atoms with Gasteiger partial charge in [0.2, 0.25) is 0 Å². The summed E-state index contributed by atoms with van der Waals surface area (Å²) in [4.78, 5) is 21.0. The molecule has 0 bridgehead atoms. The number of rotatable bonds is 11. The van der Waals surface area contributed by atoms with Crippen molar-refractivity contribution in [2.24, 2.45) is 5.92 Å². The molecule has 1 unspecified atom stereocenters. The maximum atomic E-state index is 13.5. The molecule has 0 aromatic heterocycles. The number of halogens is 5. The molecular weight excluding hydrogens is 634 g/mol. The summed E-state index contributed by atoms with van der Waals surface area (Å²) in [5.41, 5.74) is 0.922. The number of para-hydroxylation sites is 1. The van der Waals surface area contributed by atoms with Crippen LogP contribution in [-0.4, -0.2) is 74.8 Å². The van der Waals surface area contributed by atoms with E-state index in [-0.39, 0.29) is 12.6 Å². The molecule has 2 aliphatic rings. The average Bonchev–Trinajstić information content (AvgIpc) is 3.01. The van der Waals surface area contributed by atoms with E-state index >= 15 is 0 Å². The van der Waals surface area contributed by atoms with Crippen LogP contribution in [0.4, 0.5) is 24.5 Å². The summed E-state index contributed by atoms with van der Waals surface area (Å²) < 4.78 is 51.6. The number of carbonyl (C=O) groups excluding carboxylic acids is 1. The first-order valence-corrected chi connectivity index (χ1v) is 16.1. The Balaban J connectivity index is 1.04. The SMILES string of the molecule is CC(COc1ccc(Cl)c(Cl)c1)C(=O)OCCN1CCN(CCCN2c3ccccc3Sc3ccc(C(F)(F)F)cc32)CC1. The van der Waals surface area contributed by atoms with Gasteiger partial charge in [-0.1, -0.05) is 47.1 Å². The Kier molecular flexibility index (Phi) is 10.9.